The van der Waals surface area contributed by atoms with Crippen molar-refractivity contribution in [2.24, 2.45) is 9.98 Å². The summed E-state index contributed by atoms with van der Waals surface area (Å²) in [4.78, 5) is 58.5. The van der Waals surface area contributed by atoms with Gasteiger partial charge >= 0.3 is 0 Å². The van der Waals surface area contributed by atoms with Gasteiger partial charge in [-0.3, -0.25) is 19.2 Å². The zero-order valence-electron chi connectivity index (χ0n) is 22.1. The van der Waals surface area contributed by atoms with E-state index in [1.807, 2.05) is 0 Å². The Morgan fingerprint density at radius 1 is 0.605 bits per heavy atom. The standard InChI is InChI=1S/C26H34N8O4/c1-3-5-7-11-17(35)15-19-23(37)33-21(29-31-25(33)27-19)13-9-10-14-22-30-32-26-28-20(24(38)34(22)26)16-18(36)12-8-6-4-2/h3-16H2,1-2H3. The molecule has 0 bridgehead atoms. The average molecular weight is 523 g/mol. The first kappa shape index (κ1) is 27.3. The maximum Gasteiger partial charge on any atom is 0.281 e. The van der Waals surface area contributed by atoms with Crippen molar-refractivity contribution < 1.29 is 19.2 Å². The molecule has 2 aliphatic heterocycles. The Kier molecular flexibility index (Phi) is 9.14. The Bertz CT molecular complexity index is 1190. The molecule has 0 saturated carbocycles. The van der Waals surface area contributed by atoms with E-state index >= 15 is 0 Å². The molecule has 38 heavy (non-hydrogen) atoms. The first-order chi connectivity index (χ1) is 18.4. The Morgan fingerprint density at radius 2 is 1.03 bits per heavy atom. The SMILES string of the molecule is CCCCCC(=O)CC1=Nc2nnc(CCCCc3nnc4n3C(=O)C(CC(=O)CCCCC)=N4)n2C1=O. The molecule has 12 nitrogen and oxygen atoms in total. The van der Waals surface area contributed by atoms with E-state index in [0.717, 1.165) is 38.5 Å². The van der Waals surface area contributed by atoms with E-state index in [1.165, 1.54) is 9.13 Å². The number of hydrogen-bond acceptors (Lipinski definition) is 10. The molecule has 202 valence electrons. The van der Waals surface area contributed by atoms with Crippen molar-refractivity contribution in [3.63, 3.8) is 0 Å². The number of aliphatic imine (C=N–C) groups is 2. The molecule has 4 rings (SSSR count). The normalized spacial score (nSPS) is 14.1. The summed E-state index contributed by atoms with van der Waals surface area (Å²) >= 11 is 0. The molecule has 0 aromatic carbocycles. The molecule has 0 atom stereocenters. The highest BCUT2D eigenvalue weighted by atomic mass is 16.2. The summed E-state index contributed by atoms with van der Waals surface area (Å²) in [5, 5.41) is 16.2. The molecule has 0 saturated heterocycles. The number of aryl methyl sites for hydroxylation is 2. The first-order valence-electron chi connectivity index (χ1n) is 13.6. The molecule has 0 unspecified atom stereocenters. The number of hydrogen-bond donors (Lipinski definition) is 0. The van der Waals surface area contributed by atoms with Gasteiger partial charge in [-0.1, -0.05) is 39.5 Å². The van der Waals surface area contributed by atoms with Crippen LogP contribution in [-0.2, 0) is 22.4 Å². The van der Waals surface area contributed by atoms with Gasteiger partial charge in [0.25, 0.3) is 23.7 Å². The number of Topliss-reactive ketones (excluding diaryl/α,β-unsaturated/α-hetero) is 2. The molecule has 2 aromatic heterocycles. The number of unbranched alkanes of at least 4 members (excludes halogenated alkanes) is 5. The van der Waals surface area contributed by atoms with E-state index in [0.29, 0.717) is 50.2 Å². The van der Waals surface area contributed by atoms with Crippen LogP contribution in [0.2, 0.25) is 0 Å². The van der Waals surface area contributed by atoms with Crippen molar-refractivity contribution in [2.75, 3.05) is 0 Å². The number of fused-ring (bicyclic) bond motifs is 2. The van der Waals surface area contributed by atoms with Crippen LogP contribution in [0.25, 0.3) is 0 Å². The van der Waals surface area contributed by atoms with Gasteiger partial charge in [0.2, 0.25) is 0 Å². The van der Waals surface area contributed by atoms with E-state index < -0.39 is 0 Å². The fourth-order valence-corrected chi connectivity index (χ4v) is 4.59. The number of carbonyl (C=O) groups is 4. The summed E-state index contributed by atoms with van der Waals surface area (Å²) in [5.41, 5.74) is 0.435. The van der Waals surface area contributed by atoms with Crippen LogP contribution >= 0.6 is 0 Å². The second kappa shape index (κ2) is 12.7. The lowest BCUT2D eigenvalue weighted by molar-refractivity contribution is -0.118. The highest BCUT2D eigenvalue weighted by Crippen LogP contribution is 2.24. The Hall–Kier alpha value is -3.70. The Labute approximate surface area is 221 Å². The minimum atomic E-state index is -0.335. The van der Waals surface area contributed by atoms with E-state index in [4.69, 9.17) is 0 Å². The van der Waals surface area contributed by atoms with Crippen molar-refractivity contribution in [3.8, 4) is 0 Å². The molecule has 0 aliphatic carbocycles. The fourth-order valence-electron chi connectivity index (χ4n) is 4.59. The third kappa shape index (κ3) is 6.22. The summed E-state index contributed by atoms with van der Waals surface area (Å²) in [6, 6.07) is 0. The van der Waals surface area contributed by atoms with Crippen LogP contribution < -0.4 is 0 Å². The van der Waals surface area contributed by atoms with Crippen LogP contribution in [0.15, 0.2) is 9.98 Å². The van der Waals surface area contributed by atoms with Crippen molar-refractivity contribution in [1.29, 1.82) is 0 Å². The van der Waals surface area contributed by atoms with Crippen LogP contribution in [0.3, 0.4) is 0 Å². The van der Waals surface area contributed by atoms with Gasteiger partial charge in [0.15, 0.2) is 0 Å². The smallest absolute Gasteiger partial charge is 0.281 e. The summed E-state index contributed by atoms with van der Waals surface area (Å²) in [6.45, 7) is 4.15. The topological polar surface area (TPSA) is 154 Å². The van der Waals surface area contributed by atoms with E-state index in [1.54, 1.807) is 0 Å². The highest BCUT2D eigenvalue weighted by Gasteiger charge is 2.31. The molecule has 2 aromatic rings. The van der Waals surface area contributed by atoms with Gasteiger partial charge in [-0.25, -0.2) is 19.1 Å². The monoisotopic (exact) mass is 522 g/mol. The van der Waals surface area contributed by atoms with Crippen LogP contribution in [0.1, 0.15) is 112 Å². The molecule has 2 aliphatic rings. The molecule has 0 fully saturated rings. The van der Waals surface area contributed by atoms with Crippen LogP contribution in [0, 0.1) is 0 Å². The minimum absolute atomic E-state index is 0.00851. The zero-order chi connectivity index (χ0) is 27.1. The predicted octanol–water partition coefficient (Wildman–Crippen LogP) is 3.97. The molecule has 0 spiro atoms. The Balaban J connectivity index is 1.25. The molecule has 12 heteroatoms. The van der Waals surface area contributed by atoms with E-state index in [2.05, 4.69) is 44.2 Å². The molecular formula is C26H34N8O4. The molecule has 4 heterocycles. The van der Waals surface area contributed by atoms with Gasteiger partial charge in [-0.2, -0.15) is 0 Å². The van der Waals surface area contributed by atoms with Gasteiger partial charge < -0.3 is 0 Å². The number of ketones is 2. The quantitative estimate of drug-likeness (QED) is 0.283. The van der Waals surface area contributed by atoms with Gasteiger partial charge in [-0.15, -0.1) is 20.4 Å². The highest BCUT2D eigenvalue weighted by molar-refractivity contribution is 6.45. The summed E-state index contributed by atoms with van der Waals surface area (Å²) in [7, 11) is 0. The largest absolute Gasteiger partial charge is 0.299 e. The van der Waals surface area contributed by atoms with Crippen LogP contribution in [0.5, 0.6) is 0 Å². The number of nitrogens with zero attached hydrogens (tertiary/aromatic N) is 8. The van der Waals surface area contributed by atoms with E-state index in [9.17, 15) is 19.2 Å². The maximum atomic E-state index is 12.8. The summed E-state index contributed by atoms with van der Waals surface area (Å²) < 4.78 is 2.76. The number of carbonyl (C=O) groups excluding carboxylic acids is 4. The molecule has 0 radical (unpaired) electrons. The third-order valence-electron chi connectivity index (χ3n) is 6.69. The van der Waals surface area contributed by atoms with Crippen molar-refractivity contribution >= 4 is 46.7 Å². The Morgan fingerprint density at radius 3 is 1.42 bits per heavy atom. The number of aromatic nitrogens is 6. The average Bonchev–Trinajstić information content (AvgIpc) is 3.62. The lowest BCUT2D eigenvalue weighted by atomic mass is 10.1. The fraction of sp³-hybridized carbons (Fsp3) is 0.615. The minimum Gasteiger partial charge on any atom is -0.299 e. The van der Waals surface area contributed by atoms with Crippen molar-refractivity contribution in [1.82, 2.24) is 29.5 Å². The third-order valence-corrected chi connectivity index (χ3v) is 6.69. The summed E-state index contributed by atoms with van der Waals surface area (Å²) in [5.74, 6) is 0.779. The van der Waals surface area contributed by atoms with Crippen molar-refractivity contribution in [3.05, 3.63) is 11.6 Å². The van der Waals surface area contributed by atoms with Gasteiger partial charge in [0.1, 0.15) is 34.6 Å². The first-order valence-corrected chi connectivity index (χ1v) is 13.6. The predicted molar refractivity (Wildman–Crippen MR) is 140 cm³/mol. The van der Waals surface area contributed by atoms with Crippen molar-refractivity contribution in [2.45, 2.75) is 104 Å². The molecule has 0 amide bonds. The zero-order valence-corrected chi connectivity index (χ0v) is 22.1. The van der Waals surface area contributed by atoms with Gasteiger partial charge in [0, 0.05) is 25.7 Å². The van der Waals surface area contributed by atoms with Crippen LogP contribution in [-0.4, -0.2) is 64.3 Å². The van der Waals surface area contributed by atoms with E-state index in [-0.39, 0.29) is 59.5 Å². The maximum absolute atomic E-state index is 12.8. The lowest BCUT2D eigenvalue weighted by Crippen LogP contribution is -2.22. The summed E-state index contributed by atoms with van der Waals surface area (Å²) in [6.07, 6.45) is 8.90. The second-order valence-electron chi connectivity index (χ2n) is 9.78. The molecular weight excluding hydrogens is 488 g/mol. The van der Waals surface area contributed by atoms with Crippen LogP contribution in [0.4, 0.5) is 11.9 Å². The number of rotatable bonds is 17. The second-order valence-corrected chi connectivity index (χ2v) is 9.78. The van der Waals surface area contributed by atoms with Gasteiger partial charge in [-0.05, 0) is 25.7 Å². The lowest BCUT2D eigenvalue weighted by Gasteiger charge is -2.05. The van der Waals surface area contributed by atoms with Gasteiger partial charge in [0.05, 0.1) is 12.8 Å². The molecule has 0 N–H and O–H groups in total.